The molecule has 1 N–H and O–H groups in total. The SMILES string of the molecule is COc1ccc(/C=N\NC(=O)c2ccc([N+](=O)[O-])cc2)cc1OC(F)F. The molecule has 0 unspecified atom stereocenters. The van der Waals surface area contributed by atoms with Gasteiger partial charge in [-0.15, -0.1) is 0 Å². The monoisotopic (exact) mass is 365 g/mol. The van der Waals surface area contributed by atoms with Crippen molar-refractivity contribution in [1.29, 1.82) is 0 Å². The maximum atomic E-state index is 12.4. The number of rotatable bonds is 7. The minimum absolute atomic E-state index is 0.123. The van der Waals surface area contributed by atoms with Crippen LogP contribution in [0, 0.1) is 10.1 Å². The molecule has 0 fully saturated rings. The van der Waals surface area contributed by atoms with Crippen LogP contribution in [-0.4, -0.2) is 30.8 Å². The van der Waals surface area contributed by atoms with Gasteiger partial charge in [-0.3, -0.25) is 14.9 Å². The second-order valence-electron chi connectivity index (χ2n) is 4.79. The van der Waals surface area contributed by atoms with Gasteiger partial charge in [0.2, 0.25) is 0 Å². The molecule has 136 valence electrons. The number of methoxy groups -OCH3 is 1. The molecule has 0 atom stereocenters. The van der Waals surface area contributed by atoms with E-state index in [1.54, 1.807) is 0 Å². The van der Waals surface area contributed by atoms with Crippen LogP contribution < -0.4 is 14.9 Å². The topological polar surface area (TPSA) is 103 Å². The number of nitrogens with zero attached hydrogens (tertiary/aromatic N) is 2. The fourth-order valence-electron chi connectivity index (χ4n) is 1.93. The van der Waals surface area contributed by atoms with Crippen LogP contribution in [0.3, 0.4) is 0 Å². The van der Waals surface area contributed by atoms with Crippen LogP contribution in [0.1, 0.15) is 15.9 Å². The minimum Gasteiger partial charge on any atom is -0.493 e. The second-order valence-corrected chi connectivity index (χ2v) is 4.79. The first-order chi connectivity index (χ1) is 12.4. The zero-order valence-corrected chi connectivity index (χ0v) is 13.4. The molecule has 26 heavy (non-hydrogen) atoms. The highest BCUT2D eigenvalue weighted by molar-refractivity contribution is 5.95. The number of ether oxygens (including phenoxy) is 2. The van der Waals surface area contributed by atoms with Gasteiger partial charge in [-0.05, 0) is 35.9 Å². The number of benzene rings is 2. The van der Waals surface area contributed by atoms with Crippen LogP contribution in [0.15, 0.2) is 47.6 Å². The number of nitrogens with one attached hydrogen (secondary N) is 1. The molecular formula is C16H13F2N3O5. The van der Waals surface area contributed by atoms with Crippen LogP contribution in [0.5, 0.6) is 11.5 Å². The number of carbonyl (C=O) groups excluding carboxylic acids is 1. The molecule has 0 heterocycles. The van der Waals surface area contributed by atoms with Crippen molar-refractivity contribution in [2.24, 2.45) is 5.10 Å². The highest BCUT2D eigenvalue weighted by Crippen LogP contribution is 2.28. The predicted octanol–water partition coefficient (Wildman–Crippen LogP) is 2.97. The molecule has 0 saturated carbocycles. The lowest BCUT2D eigenvalue weighted by Gasteiger charge is -2.10. The van der Waals surface area contributed by atoms with Crippen LogP contribution in [0.25, 0.3) is 0 Å². The highest BCUT2D eigenvalue weighted by atomic mass is 19.3. The molecule has 2 aromatic rings. The minimum atomic E-state index is -3.02. The Hall–Kier alpha value is -3.56. The number of alkyl halides is 2. The predicted molar refractivity (Wildman–Crippen MR) is 87.8 cm³/mol. The van der Waals surface area contributed by atoms with E-state index in [9.17, 15) is 23.7 Å². The summed E-state index contributed by atoms with van der Waals surface area (Å²) >= 11 is 0. The van der Waals surface area contributed by atoms with E-state index in [-0.39, 0.29) is 22.7 Å². The largest absolute Gasteiger partial charge is 0.493 e. The molecule has 2 rings (SSSR count). The van der Waals surface area contributed by atoms with Crippen molar-refractivity contribution in [3.05, 3.63) is 63.7 Å². The van der Waals surface area contributed by atoms with Gasteiger partial charge < -0.3 is 9.47 Å². The summed E-state index contributed by atoms with van der Waals surface area (Å²) in [6.07, 6.45) is 1.22. The molecule has 0 saturated heterocycles. The molecule has 0 aliphatic rings. The zero-order chi connectivity index (χ0) is 19.1. The van der Waals surface area contributed by atoms with Gasteiger partial charge >= 0.3 is 6.61 Å². The Morgan fingerprint density at radius 3 is 2.50 bits per heavy atom. The summed E-state index contributed by atoms with van der Waals surface area (Å²) in [5, 5.41) is 14.3. The third-order valence-electron chi connectivity index (χ3n) is 3.12. The lowest BCUT2D eigenvalue weighted by atomic mass is 10.2. The number of nitro groups is 1. The number of halogens is 2. The Kier molecular flexibility index (Phi) is 6.15. The molecule has 8 nitrogen and oxygen atoms in total. The lowest BCUT2D eigenvalue weighted by Crippen LogP contribution is -2.17. The van der Waals surface area contributed by atoms with Crippen LogP contribution in [-0.2, 0) is 0 Å². The molecule has 0 bridgehead atoms. The Labute approximate surface area is 146 Å². The highest BCUT2D eigenvalue weighted by Gasteiger charge is 2.11. The summed E-state index contributed by atoms with van der Waals surface area (Å²) in [4.78, 5) is 21.9. The Morgan fingerprint density at radius 2 is 1.92 bits per heavy atom. The molecule has 2 aromatic carbocycles. The van der Waals surface area contributed by atoms with E-state index < -0.39 is 17.4 Å². The molecule has 0 aromatic heterocycles. The Morgan fingerprint density at radius 1 is 1.23 bits per heavy atom. The van der Waals surface area contributed by atoms with Crippen molar-refractivity contribution in [2.75, 3.05) is 7.11 Å². The van der Waals surface area contributed by atoms with Crippen molar-refractivity contribution in [1.82, 2.24) is 5.43 Å². The van der Waals surface area contributed by atoms with E-state index in [1.807, 2.05) is 0 Å². The number of hydrazone groups is 1. The van der Waals surface area contributed by atoms with E-state index in [1.165, 1.54) is 55.8 Å². The van der Waals surface area contributed by atoms with E-state index >= 15 is 0 Å². The average Bonchev–Trinajstić information content (AvgIpc) is 2.61. The molecule has 1 amide bonds. The zero-order valence-electron chi connectivity index (χ0n) is 13.4. The second kappa shape index (κ2) is 8.51. The van der Waals surface area contributed by atoms with Crippen LogP contribution in [0.4, 0.5) is 14.5 Å². The van der Waals surface area contributed by atoms with Crippen molar-refractivity contribution in [3.8, 4) is 11.5 Å². The van der Waals surface area contributed by atoms with E-state index in [0.29, 0.717) is 5.56 Å². The van der Waals surface area contributed by atoms with Gasteiger partial charge in [-0.1, -0.05) is 0 Å². The van der Waals surface area contributed by atoms with E-state index in [0.717, 1.165) is 0 Å². The standard InChI is InChI=1S/C16H13F2N3O5/c1-25-13-7-2-10(8-14(13)26-16(17)18)9-19-20-15(22)11-3-5-12(6-4-11)21(23)24/h2-9,16H,1H3,(H,20,22)/b19-9-. The fourth-order valence-corrected chi connectivity index (χ4v) is 1.93. The number of nitro benzene ring substituents is 1. The Bertz CT molecular complexity index is 825. The first-order valence-electron chi connectivity index (χ1n) is 7.11. The van der Waals surface area contributed by atoms with Crippen LogP contribution >= 0.6 is 0 Å². The van der Waals surface area contributed by atoms with Crippen LogP contribution in [0.2, 0.25) is 0 Å². The van der Waals surface area contributed by atoms with Gasteiger partial charge in [0, 0.05) is 17.7 Å². The Balaban J connectivity index is 2.05. The third kappa shape index (κ3) is 4.97. The van der Waals surface area contributed by atoms with Crippen molar-refractivity contribution >= 4 is 17.8 Å². The average molecular weight is 365 g/mol. The van der Waals surface area contributed by atoms with Crippen molar-refractivity contribution in [2.45, 2.75) is 6.61 Å². The molecule has 0 radical (unpaired) electrons. The number of amides is 1. The first kappa shape index (κ1) is 18.8. The van der Waals surface area contributed by atoms with Gasteiger partial charge in [0.25, 0.3) is 11.6 Å². The van der Waals surface area contributed by atoms with Crippen molar-refractivity contribution in [3.63, 3.8) is 0 Å². The fraction of sp³-hybridized carbons (Fsp3) is 0.125. The quantitative estimate of drug-likeness (QED) is 0.462. The van der Waals surface area contributed by atoms with E-state index in [4.69, 9.17) is 4.74 Å². The number of hydrogen-bond acceptors (Lipinski definition) is 6. The van der Waals surface area contributed by atoms with Gasteiger partial charge in [-0.2, -0.15) is 13.9 Å². The summed E-state index contributed by atoms with van der Waals surface area (Å²) in [5.41, 5.74) is 2.63. The molecule has 0 aliphatic carbocycles. The summed E-state index contributed by atoms with van der Waals surface area (Å²) in [5.74, 6) is -0.640. The van der Waals surface area contributed by atoms with Gasteiger partial charge in [0.1, 0.15) is 0 Å². The van der Waals surface area contributed by atoms with E-state index in [2.05, 4.69) is 15.3 Å². The normalized spacial score (nSPS) is 10.8. The maximum Gasteiger partial charge on any atom is 0.387 e. The van der Waals surface area contributed by atoms with Gasteiger partial charge in [0.15, 0.2) is 11.5 Å². The maximum absolute atomic E-state index is 12.4. The molecule has 0 aliphatic heterocycles. The smallest absolute Gasteiger partial charge is 0.387 e. The first-order valence-corrected chi connectivity index (χ1v) is 7.11. The summed E-state index contributed by atoms with van der Waals surface area (Å²) in [6.45, 7) is -3.02. The lowest BCUT2D eigenvalue weighted by molar-refractivity contribution is -0.384. The summed E-state index contributed by atoms with van der Waals surface area (Å²) in [6, 6.07) is 9.16. The summed E-state index contributed by atoms with van der Waals surface area (Å²) in [7, 11) is 1.31. The third-order valence-corrected chi connectivity index (χ3v) is 3.12. The van der Waals surface area contributed by atoms with Gasteiger partial charge in [0.05, 0.1) is 18.2 Å². The number of non-ortho nitro benzene ring substituents is 1. The van der Waals surface area contributed by atoms with Gasteiger partial charge in [-0.25, -0.2) is 5.43 Å². The van der Waals surface area contributed by atoms with Crippen molar-refractivity contribution < 1.29 is 28.0 Å². The summed E-state index contributed by atoms with van der Waals surface area (Å²) < 4.78 is 34.0. The molecule has 0 spiro atoms. The number of hydrogen-bond donors (Lipinski definition) is 1. The molecule has 10 heteroatoms. The number of carbonyl (C=O) groups is 1. The molecular weight excluding hydrogens is 352 g/mol.